The number of esters is 1. The van der Waals surface area contributed by atoms with Crippen LogP contribution in [0.2, 0.25) is 0 Å². The lowest BCUT2D eigenvalue weighted by Gasteiger charge is -2.36. The van der Waals surface area contributed by atoms with Crippen molar-refractivity contribution in [3.8, 4) is 12.1 Å². The molecular formula is C20H23N3O3. The van der Waals surface area contributed by atoms with Crippen LogP contribution in [0.3, 0.4) is 0 Å². The van der Waals surface area contributed by atoms with Gasteiger partial charge in [-0.2, -0.15) is 10.5 Å². The molecule has 3 heterocycles. The molecule has 2 bridgehead atoms. The van der Waals surface area contributed by atoms with Gasteiger partial charge in [0.15, 0.2) is 5.41 Å². The molecule has 1 aromatic heterocycles. The van der Waals surface area contributed by atoms with Gasteiger partial charge in [0.1, 0.15) is 5.76 Å². The molecule has 26 heavy (non-hydrogen) atoms. The quantitative estimate of drug-likeness (QED) is 0.623. The van der Waals surface area contributed by atoms with Crippen LogP contribution in [-0.4, -0.2) is 25.2 Å². The molecule has 0 radical (unpaired) electrons. The van der Waals surface area contributed by atoms with E-state index in [1.165, 1.54) is 13.2 Å². The fraction of sp³-hybridized carbons (Fsp3) is 0.550. The predicted molar refractivity (Wildman–Crippen MR) is 93.8 cm³/mol. The Labute approximate surface area is 153 Å². The molecule has 6 nitrogen and oxygen atoms in total. The van der Waals surface area contributed by atoms with E-state index in [0.29, 0.717) is 11.8 Å². The van der Waals surface area contributed by atoms with E-state index in [4.69, 9.17) is 4.42 Å². The molecule has 3 rings (SSSR count). The van der Waals surface area contributed by atoms with Crippen molar-refractivity contribution < 1.29 is 13.9 Å². The van der Waals surface area contributed by atoms with Gasteiger partial charge in [-0.3, -0.25) is 0 Å². The first-order valence-corrected chi connectivity index (χ1v) is 9.04. The zero-order valence-electron chi connectivity index (χ0n) is 15.1. The lowest BCUT2D eigenvalue weighted by Crippen LogP contribution is -2.44. The third-order valence-corrected chi connectivity index (χ3v) is 5.44. The number of carbonyl (C=O) groups is 1. The maximum Gasteiger partial charge on any atom is 0.373 e. The average Bonchev–Trinajstić information content (AvgIpc) is 3.29. The monoisotopic (exact) mass is 353 g/mol. The van der Waals surface area contributed by atoms with Crippen LogP contribution in [0, 0.1) is 34.0 Å². The largest absolute Gasteiger partial charge is 0.463 e. The Morgan fingerprint density at radius 1 is 1.38 bits per heavy atom. The van der Waals surface area contributed by atoms with Crippen molar-refractivity contribution in [1.29, 1.82) is 10.5 Å². The number of rotatable bonds is 6. The number of ether oxygens (including phenoxy) is 1. The van der Waals surface area contributed by atoms with Gasteiger partial charge in [0.2, 0.25) is 5.76 Å². The van der Waals surface area contributed by atoms with Crippen LogP contribution < -0.4 is 5.32 Å². The summed E-state index contributed by atoms with van der Waals surface area (Å²) in [6, 6.07) is 8.23. The van der Waals surface area contributed by atoms with Crippen molar-refractivity contribution in [1.82, 2.24) is 5.32 Å². The Kier molecular flexibility index (Phi) is 5.15. The Morgan fingerprint density at radius 2 is 2.15 bits per heavy atom. The summed E-state index contributed by atoms with van der Waals surface area (Å²) in [6.45, 7) is 2.12. The number of hydrogen-bond donors (Lipinski definition) is 1. The van der Waals surface area contributed by atoms with Crippen molar-refractivity contribution >= 4 is 5.97 Å². The molecule has 2 aliphatic rings. The number of fused-ring (bicyclic) bond motifs is 2. The first-order valence-electron chi connectivity index (χ1n) is 9.04. The Morgan fingerprint density at radius 3 is 2.81 bits per heavy atom. The molecule has 0 amide bonds. The summed E-state index contributed by atoms with van der Waals surface area (Å²) in [5.74, 6) is 0.124. The van der Waals surface area contributed by atoms with Crippen LogP contribution in [0.15, 0.2) is 28.2 Å². The SMILES string of the molecule is CCC[C@@H]1C(C(C#N)(C#N)Cc2ccc(C(=O)OC)o2)=C[C@H]2CC[C@@H]1N2. The minimum Gasteiger partial charge on any atom is -0.463 e. The Balaban J connectivity index is 1.95. The number of carbonyl (C=O) groups excluding carboxylic acids is 1. The van der Waals surface area contributed by atoms with Crippen LogP contribution >= 0.6 is 0 Å². The summed E-state index contributed by atoms with van der Waals surface area (Å²) >= 11 is 0. The second kappa shape index (κ2) is 7.35. The lowest BCUT2D eigenvalue weighted by molar-refractivity contribution is 0.0562. The van der Waals surface area contributed by atoms with Gasteiger partial charge in [0.05, 0.1) is 19.2 Å². The number of furan rings is 1. The molecule has 3 atom stereocenters. The second-order valence-corrected chi connectivity index (χ2v) is 7.04. The molecule has 0 saturated carbocycles. The van der Waals surface area contributed by atoms with Gasteiger partial charge in [-0.15, -0.1) is 0 Å². The molecule has 1 fully saturated rings. The molecule has 0 aromatic carbocycles. The van der Waals surface area contributed by atoms with E-state index in [0.717, 1.165) is 31.3 Å². The summed E-state index contributed by atoms with van der Waals surface area (Å²) in [5, 5.41) is 23.5. The lowest BCUT2D eigenvalue weighted by atomic mass is 9.69. The molecule has 6 heteroatoms. The van der Waals surface area contributed by atoms with Gasteiger partial charge in [0, 0.05) is 18.5 Å². The normalized spacial score (nSPS) is 24.5. The molecule has 0 aliphatic carbocycles. The fourth-order valence-electron chi connectivity index (χ4n) is 4.21. The predicted octanol–water partition coefficient (Wildman–Crippen LogP) is 3.12. The van der Waals surface area contributed by atoms with E-state index >= 15 is 0 Å². The van der Waals surface area contributed by atoms with Crippen LogP contribution in [0.4, 0.5) is 0 Å². The van der Waals surface area contributed by atoms with E-state index in [9.17, 15) is 15.3 Å². The highest BCUT2D eigenvalue weighted by Crippen LogP contribution is 2.44. The van der Waals surface area contributed by atoms with E-state index in [1.54, 1.807) is 6.07 Å². The number of nitrogens with one attached hydrogen (secondary N) is 1. The smallest absolute Gasteiger partial charge is 0.373 e. The van der Waals surface area contributed by atoms with Crippen LogP contribution in [0.5, 0.6) is 0 Å². The van der Waals surface area contributed by atoms with E-state index < -0.39 is 11.4 Å². The van der Waals surface area contributed by atoms with Crippen molar-refractivity contribution in [3.63, 3.8) is 0 Å². The summed E-state index contributed by atoms with van der Waals surface area (Å²) in [5.41, 5.74) is -0.375. The number of hydrogen-bond acceptors (Lipinski definition) is 6. The Bertz CT molecular complexity index is 782. The zero-order valence-corrected chi connectivity index (χ0v) is 15.1. The zero-order chi connectivity index (χ0) is 18.7. The minimum absolute atomic E-state index is 0.0803. The van der Waals surface area contributed by atoms with Gasteiger partial charge >= 0.3 is 5.97 Å². The van der Waals surface area contributed by atoms with Gasteiger partial charge in [-0.25, -0.2) is 4.79 Å². The molecule has 2 aliphatic heterocycles. The first kappa shape index (κ1) is 18.2. The van der Waals surface area contributed by atoms with E-state index in [1.807, 2.05) is 0 Å². The standard InChI is InChI=1S/C20H23N3O3/c1-3-4-15-16(9-13-5-7-17(15)23-13)20(11-21,12-22)10-14-6-8-18(26-14)19(24)25-2/h6,8-9,13,15,17,23H,3-5,7,10H2,1-2H3/t13-,15-,17+/m1/s1. The summed E-state index contributed by atoms with van der Waals surface area (Å²) in [7, 11) is 1.28. The van der Waals surface area contributed by atoms with Crippen LogP contribution in [0.25, 0.3) is 0 Å². The third kappa shape index (κ3) is 3.13. The summed E-state index contributed by atoms with van der Waals surface area (Å²) in [6.07, 6.45) is 6.24. The van der Waals surface area contributed by atoms with Gasteiger partial charge in [0.25, 0.3) is 0 Å². The van der Waals surface area contributed by atoms with Crippen molar-refractivity contribution in [2.45, 2.75) is 51.1 Å². The third-order valence-electron chi connectivity index (χ3n) is 5.44. The highest BCUT2D eigenvalue weighted by atomic mass is 16.5. The highest BCUT2D eigenvalue weighted by Gasteiger charge is 2.46. The number of nitriles is 2. The fourth-order valence-corrected chi connectivity index (χ4v) is 4.21. The van der Waals surface area contributed by atoms with Crippen molar-refractivity contribution in [3.05, 3.63) is 35.3 Å². The van der Waals surface area contributed by atoms with Crippen LogP contribution in [0.1, 0.15) is 48.9 Å². The average molecular weight is 353 g/mol. The molecule has 136 valence electrons. The van der Waals surface area contributed by atoms with E-state index in [-0.39, 0.29) is 24.1 Å². The minimum atomic E-state index is -1.28. The molecule has 1 saturated heterocycles. The molecular weight excluding hydrogens is 330 g/mol. The second-order valence-electron chi connectivity index (χ2n) is 7.04. The number of nitrogens with zero attached hydrogens (tertiary/aromatic N) is 2. The summed E-state index contributed by atoms with van der Waals surface area (Å²) < 4.78 is 10.2. The van der Waals surface area contributed by atoms with Crippen LogP contribution in [-0.2, 0) is 11.2 Å². The summed E-state index contributed by atoms with van der Waals surface area (Å²) in [4.78, 5) is 11.6. The van der Waals surface area contributed by atoms with E-state index in [2.05, 4.69) is 35.2 Å². The first-order chi connectivity index (χ1) is 12.6. The molecule has 1 aromatic rings. The van der Waals surface area contributed by atoms with Crippen molar-refractivity contribution in [2.75, 3.05) is 7.11 Å². The maximum absolute atomic E-state index is 11.6. The van der Waals surface area contributed by atoms with Crippen molar-refractivity contribution in [2.24, 2.45) is 11.3 Å². The molecule has 1 N–H and O–H groups in total. The maximum atomic E-state index is 11.6. The highest BCUT2D eigenvalue weighted by molar-refractivity contribution is 5.86. The number of methoxy groups -OCH3 is 1. The van der Waals surface area contributed by atoms with Gasteiger partial charge in [-0.05, 0) is 42.9 Å². The van der Waals surface area contributed by atoms with Gasteiger partial charge < -0.3 is 14.5 Å². The topological polar surface area (TPSA) is 99.1 Å². The molecule has 0 unspecified atom stereocenters. The van der Waals surface area contributed by atoms with Gasteiger partial charge in [-0.1, -0.05) is 19.4 Å². The Hall–Kier alpha value is -2.57. The molecule has 0 spiro atoms.